The topological polar surface area (TPSA) is 56.5 Å². The van der Waals surface area contributed by atoms with Crippen molar-refractivity contribution in [1.29, 1.82) is 0 Å². The molecule has 0 spiro atoms. The molecule has 1 atom stereocenters. The van der Waals surface area contributed by atoms with E-state index >= 15 is 0 Å². The van der Waals surface area contributed by atoms with Gasteiger partial charge in [0.1, 0.15) is 0 Å². The van der Waals surface area contributed by atoms with Gasteiger partial charge in [-0.2, -0.15) is 0 Å². The molecule has 4 nitrogen and oxygen atoms in total. The summed E-state index contributed by atoms with van der Waals surface area (Å²) in [6, 6.07) is 0. The Morgan fingerprint density at radius 2 is 2.00 bits per heavy atom. The molecule has 0 bridgehead atoms. The summed E-state index contributed by atoms with van der Waals surface area (Å²) in [5, 5.41) is 3.47. The van der Waals surface area contributed by atoms with Crippen molar-refractivity contribution in [2.45, 2.75) is 44.4 Å². The Morgan fingerprint density at radius 1 is 1.38 bits per heavy atom. The number of nitrogens with two attached hydrogens (primary N) is 1. The molecule has 0 saturated heterocycles. The molecule has 96 valence electrons. The molecule has 16 heavy (non-hydrogen) atoms. The Kier molecular flexibility index (Phi) is 5.69. The molecule has 0 heterocycles. The van der Waals surface area contributed by atoms with E-state index in [1.165, 1.54) is 25.7 Å². The van der Waals surface area contributed by atoms with Crippen molar-refractivity contribution < 1.29 is 9.47 Å². The van der Waals surface area contributed by atoms with Crippen molar-refractivity contribution in [3.8, 4) is 0 Å². The lowest BCUT2D eigenvalue weighted by Gasteiger charge is -2.36. The normalized spacial score (nSPS) is 20.8. The number of ether oxygens (including phenoxy) is 2. The lowest BCUT2D eigenvalue weighted by Crippen LogP contribution is -2.58. The standard InChI is InChI=1S/C12H26N2O2/c1-12(9-13,11(15-2)16-3)14-8-7-10-5-4-6-10/h10-11,14H,4-9,13H2,1-3H3. The number of hydrogen-bond acceptors (Lipinski definition) is 4. The third kappa shape index (κ3) is 3.42. The van der Waals surface area contributed by atoms with Gasteiger partial charge in [-0.15, -0.1) is 0 Å². The monoisotopic (exact) mass is 230 g/mol. The van der Waals surface area contributed by atoms with E-state index < -0.39 is 0 Å². The van der Waals surface area contributed by atoms with Gasteiger partial charge in [-0.1, -0.05) is 19.3 Å². The van der Waals surface area contributed by atoms with E-state index in [2.05, 4.69) is 5.32 Å². The molecule has 0 aliphatic heterocycles. The highest BCUT2D eigenvalue weighted by Gasteiger charge is 2.33. The zero-order valence-corrected chi connectivity index (χ0v) is 10.8. The van der Waals surface area contributed by atoms with Crippen LogP contribution in [0, 0.1) is 5.92 Å². The lowest BCUT2D eigenvalue weighted by atomic mass is 9.83. The maximum absolute atomic E-state index is 5.80. The fraction of sp³-hybridized carbons (Fsp3) is 1.00. The summed E-state index contributed by atoms with van der Waals surface area (Å²) >= 11 is 0. The summed E-state index contributed by atoms with van der Waals surface area (Å²) in [5.74, 6) is 0.915. The predicted octanol–water partition coefficient (Wildman–Crippen LogP) is 1.10. The second-order valence-corrected chi connectivity index (χ2v) is 4.94. The predicted molar refractivity (Wildman–Crippen MR) is 65.2 cm³/mol. The van der Waals surface area contributed by atoms with E-state index in [-0.39, 0.29) is 11.8 Å². The van der Waals surface area contributed by atoms with Gasteiger partial charge in [-0.05, 0) is 25.8 Å². The van der Waals surface area contributed by atoms with Crippen LogP contribution in [-0.4, -0.2) is 39.1 Å². The second kappa shape index (κ2) is 6.55. The Labute approximate surface area is 98.9 Å². The van der Waals surface area contributed by atoms with Crippen molar-refractivity contribution >= 4 is 0 Å². The smallest absolute Gasteiger partial charge is 0.175 e. The van der Waals surface area contributed by atoms with Gasteiger partial charge in [0.05, 0.1) is 5.54 Å². The summed E-state index contributed by atoms with van der Waals surface area (Å²) in [4.78, 5) is 0. The summed E-state index contributed by atoms with van der Waals surface area (Å²) in [7, 11) is 3.30. The molecule has 0 aromatic rings. The van der Waals surface area contributed by atoms with E-state index in [1.807, 2.05) is 6.92 Å². The van der Waals surface area contributed by atoms with Gasteiger partial charge in [0.15, 0.2) is 6.29 Å². The summed E-state index contributed by atoms with van der Waals surface area (Å²) in [6.07, 6.45) is 5.12. The molecule has 1 aliphatic carbocycles. The Hall–Kier alpha value is -0.160. The zero-order valence-electron chi connectivity index (χ0n) is 10.8. The first kappa shape index (κ1) is 13.9. The number of methoxy groups -OCH3 is 2. The molecule has 3 N–H and O–H groups in total. The first-order chi connectivity index (χ1) is 7.66. The summed E-state index contributed by atoms with van der Waals surface area (Å²) < 4.78 is 10.6. The van der Waals surface area contributed by atoms with Crippen LogP contribution in [0.1, 0.15) is 32.6 Å². The average Bonchev–Trinajstić information content (AvgIpc) is 2.23. The molecule has 1 unspecified atom stereocenters. The van der Waals surface area contributed by atoms with Crippen molar-refractivity contribution in [3.63, 3.8) is 0 Å². The number of rotatable bonds is 8. The molecule has 1 saturated carbocycles. The van der Waals surface area contributed by atoms with Gasteiger partial charge in [0, 0.05) is 20.8 Å². The van der Waals surface area contributed by atoms with E-state index in [9.17, 15) is 0 Å². The molecule has 4 heteroatoms. The molecular weight excluding hydrogens is 204 g/mol. The minimum Gasteiger partial charge on any atom is -0.354 e. The molecule has 0 radical (unpaired) electrons. The Morgan fingerprint density at radius 3 is 2.38 bits per heavy atom. The highest BCUT2D eigenvalue weighted by Crippen LogP contribution is 2.29. The van der Waals surface area contributed by atoms with Crippen LogP contribution in [0.5, 0.6) is 0 Å². The Bertz CT molecular complexity index is 193. The van der Waals surface area contributed by atoms with Crippen molar-refractivity contribution in [3.05, 3.63) is 0 Å². The maximum Gasteiger partial charge on any atom is 0.175 e. The van der Waals surface area contributed by atoms with Gasteiger partial charge in [0.25, 0.3) is 0 Å². The van der Waals surface area contributed by atoms with Crippen LogP contribution in [0.4, 0.5) is 0 Å². The largest absolute Gasteiger partial charge is 0.354 e. The third-order valence-electron chi connectivity index (χ3n) is 3.68. The molecule has 1 fully saturated rings. The van der Waals surface area contributed by atoms with E-state index in [4.69, 9.17) is 15.2 Å². The highest BCUT2D eigenvalue weighted by molar-refractivity contribution is 4.88. The van der Waals surface area contributed by atoms with Crippen LogP contribution in [0.3, 0.4) is 0 Å². The fourth-order valence-corrected chi connectivity index (χ4v) is 2.21. The lowest BCUT2D eigenvalue weighted by molar-refractivity contribution is -0.149. The van der Waals surface area contributed by atoms with Crippen LogP contribution in [-0.2, 0) is 9.47 Å². The SMILES string of the molecule is COC(OC)C(C)(CN)NCCC1CCC1. The van der Waals surface area contributed by atoms with Crippen LogP contribution in [0.2, 0.25) is 0 Å². The molecule has 0 aromatic carbocycles. The molecule has 1 rings (SSSR count). The molecule has 0 aromatic heterocycles. The van der Waals surface area contributed by atoms with Crippen LogP contribution in [0.25, 0.3) is 0 Å². The Balaban J connectivity index is 2.32. The minimum atomic E-state index is -0.298. The second-order valence-electron chi connectivity index (χ2n) is 4.94. The van der Waals surface area contributed by atoms with Crippen molar-refractivity contribution in [2.24, 2.45) is 11.7 Å². The van der Waals surface area contributed by atoms with E-state index in [0.29, 0.717) is 6.54 Å². The molecular formula is C12H26N2O2. The van der Waals surface area contributed by atoms with Crippen LogP contribution >= 0.6 is 0 Å². The summed E-state index contributed by atoms with van der Waals surface area (Å²) in [6.45, 7) is 3.54. The average molecular weight is 230 g/mol. The van der Waals surface area contributed by atoms with Crippen molar-refractivity contribution in [1.82, 2.24) is 5.32 Å². The summed E-state index contributed by atoms with van der Waals surface area (Å²) in [5.41, 5.74) is 5.50. The van der Waals surface area contributed by atoms with Gasteiger partial charge >= 0.3 is 0 Å². The maximum atomic E-state index is 5.80. The minimum absolute atomic E-state index is 0.293. The van der Waals surface area contributed by atoms with Gasteiger partial charge in [0.2, 0.25) is 0 Å². The van der Waals surface area contributed by atoms with E-state index in [0.717, 1.165) is 12.5 Å². The first-order valence-corrected chi connectivity index (χ1v) is 6.17. The number of nitrogens with one attached hydrogen (secondary N) is 1. The van der Waals surface area contributed by atoms with Crippen LogP contribution in [0.15, 0.2) is 0 Å². The van der Waals surface area contributed by atoms with Gasteiger partial charge < -0.3 is 20.5 Å². The highest BCUT2D eigenvalue weighted by atomic mass is 16.7. The first-order valence-electron chi connectivity index (χ1n) is 6.17. The van der Waals surface area contributed by atoms with Gasteiger partial charge in [-0.3, -0.25) is 0 Å². The van der Waals surface area contributed by atoms with E-state index in [1.54, 1.807) is 14.2 Å². The quantitative estimate of drug-likeness (QED) is 0.613. The van der Waals surface area contributed by atoms with Crippen LogP contribution < -0.4 is 11.1 Å². The molecule has 0 amide bonds. The molecule has 1 aliphatic rings. The van der Waals surface area contributed by atoms with Crippen molar-refractivity contribution in [2.75, 3.05) is 27.3 Å². The third-order valence-corrected chi connectivity index (χ3v) is 3.68. The van der Waals surface area contributed by atoms with Gasteiger partial charge in [-0.25, -0.2) is 0 Å². The fourth-order valence-electron chi connectivity index (χ4n) is 2.21. The zero-order chi connectivity index (χ0) is 12.0. The number of hydrogen-bond donors (Lipinski definition) is 2.